The molecule has 2 fully saturated rings. The first-order chi connectivity index (χ1) is 21.0. The summed E-state index contributed by atoms with van der Waals surface area (Å²) in [5, 5.41) is 14.8. The molecule has 2 atom stereocenters. The summed E-state index contributed by atoms with van der Waals surface area (Å²) in [6.45, 7) is 11.1. The maximum absolute atomic E-state index is 13.6. The maximum Gasteiger partial charge on any atom is 0.414 e. The van der Waals surface area contributed by atoms with Crippen molar-refractivity contribution in [3.05, 3.63) is 65.5 Å². The average molecular weight is 617 g/mol. The molecular weight excluding hydrogens is 571 g/mol. The molecule has 2 heterocycles. The van der Waals surface area contributed by atoms with Gasteiger partial charge in [0.2, 0.25) is 5.91 Å². The van der Waals surface area contributed by atoms with Gasteiger partial charge in [-0.1, -0.05) is 38.1 Å². The summed E-state index contributed by atoms with van der Waals surface area (Å²) in [7, 11) is 0. The van der Waals surface area contributed by atoms with Gasteiger partial charge in [-0.25, -0.2) is 14.0 Å². The van der Waals surface area contributed by atoms with Gasteiger partial charge in [0.1, 0.15) is 11.6 Å². The van der Waals surface area contributed by atoms with E-state index >= 15 is 0 Å². The molecule has 0 aliphatic carbocycles. The standard InChI is InChI=1S/C31H43FN2O4.C2H2O4/c1-23(2)22-37-29-10-6-25(7-11-29)20-30(35)34(21-26-4-8-27(32)9-5-26)28-12-16-33(17-13-28)18-14-31-36-19-15-24(3)38-31;3-1(4)2(5)6/h4-11,23-24,28,31H,12-22H2,1-3H3;(H,3,4)(H,5,6)/t24?,31-;/m1./s1. The van der Waals surface area contributed by atoms with E-state index in [1.54, 1.807) is 12.1 Å². The molecule has 44 heavy (non-hydrogen) atoms. The van der Waals surface area contributed by atoms with Gasteiger partial charge >= 0.3 is 11.9 Å². The first-order valence-corrected chi connectivity index (χ1v) is 15.2. The normalized spacial score (nSPS) is 19.1. The predicted molar refractivity (Wildman–Crippen MR) is 162 cm³/mol. The van der Waals surface area contributed by atoms with Crippen LogP contribution in [-0.2, 0) is 36.8 Å². The summed E-state index contributed by atoms with van der Waals surface area (Å²) >= 11 is 0. The Morgan fingerprint density at radius 2 is 1.59 bits per heavy atom. The summed E-state index contributed by atoms with van der Waals surface area (Å²) < 4.78 is 31.0. The lowest BCUT2D eigenvalue weighted by Crippen LogP contribution is -2.48. The smallest absolute Gasteiger partial charge is 0.414 e. The third-order valence-electron chi connectivity index (χ3n) is 7.52. The predicted octanol–water partition coefficient (Wildman–Crippen LogP) is 4.59. The summed E-state index contributed by atoms with van der Waals surface area (Å²) in [5.41, 5.74) is 1.91. The molecular formula is C33H45FN2O8. The molecule has 0 aromatic heterocycles. The van der Waals surface area contributed by atoms with Crippen molar-refractivity contribution in [3.8, 4) is 5.75 Å². The van der Waals surface area contributed by atoms with E-state index in [9.17, 15) is 9.18 Å². The number of amides is 1. The molecule has 2 N–H and O–H groups in total. The number of aliphatic carboxylic acids is 2. The number of hydrogen-bond donors (Lipinski definition) is 2. The lowest BCUT2D eigenvalue weighted by Gasteiger charge is -2.39. The van der Waals surface area contributed by atoms with Crippen molar-refractivity contribution >= 4 is 17.8 Å². The van der Waals surface area contributed by atoms with Crippen LogP contribution in [0.4, 0.5) is 4.39 Å². The highest BCUT2D eigenvalue weighted by atomic mass is 19.1. The van der Waals surface area contributed by atoms with Crippen molar-refractivity contribution in [1.82, 2.24) is 9.80 Å². The zero-order valence-corrected chi connectivity index (χ0v) is 25.8. The SMILES string of the molecule is CC(C)COc1ccc(CC(=O)N(Cc2ccc(F)cc2)C2CCN(CC[C@@H]3OCCC(C)O3)CC2)cc1.O=C(O)C(=O)O. The molecule has 2 aromatic carbocycles. The Kier molecular flexibility index (Phi) is 14.0. The van der Waals surface area contributed by atoms with Crippen LogP contribution in [0, 0.1) is 11.7 Å². The van der Waals surface area contributed by atoms with E-state index in [1.807, 2.05) is 29.2 Å². The fraction of sp³-hybridized carbons (Fsp3) is 0.545. The number of carboxylic acids is 2. The largest absolute Gasteiger partial charge is 0.493 e. The van der Waals surface area contributed by atoms with Crippen molar-refractivity contribution in [3.63, 3.8) is 0 Å². The molecule has 0 saturated carbocycles. The zero-order chi connectivity index (χ0) is 32.1. The number of rotatable bonds is 11. The highest BCUT2D eigenvalue weighted by molar-refractivity contribution is 6.27. The number of hydrogen-bond acceptors (Lipinski definition) is 7. The number of likely N-dealkylation sites (tertiary alicyclic amines) is 1. The molecule has 1 amide bonds. The van der Waals surface area contributed by atoms with Gasteiger partial charge in [-0.15, -0.1) is 0 Å². The molecule has 2 aliphatic heterocycles. The molecule has 0 spiro atoms. The first kappa shape index (κ1) is 34.9. The second kappa shape index (κ2) is 17.7. The molecule has 4 rings (SSSR count). The Bertz CT molecular complexity index is 1170. The van der Waals surface area contributed by atoms with Crippen LogP contribution in [0.5, 0.6) is 5.75 Å². The van der Waals surface area contributed by atoms with Gasteiger partial charge in [0.25, 0.3) is 0 Å². The minimum absolute atomic E-state index is 0.0987. The number of carboxylic acid groups (broad SMARTS) is 2. The van der Waals surface area contributed by atoms with E-state index in [1.165, 1.54) is 12.1 Å². The second-order valence-corrected chi connectivity index (χ2v) is 11.7. The highest BCUT2D eigenvalue weighted by Gasteiger charge is 2.29. The van der Waals surface area contributed by atoms with Crippen molar-refractivity contribution in [2.45, 2.75) is 77.9 Å². The highest BCUT2D eigenvalue weighted by Crippen LogP contribution is 2.23. The van der Waals surface area contributed by atoms with Crippen LogP contribution in [0.3, 0.4) is 0 Å². The quantitative estimate of drug-likeness (QED) is 0.349. The van der Waals surface area contributed by atoms with E-state index in [4.69, 9.17) is 34.0 Å². The monoisotopic (exact) mass is 616 g/mol. The third kappa shape index (κ3) is 12.2. The van der Waals surface area contributed by atoms with Crippen LogP contribution in [0.15, 0.2) is 48.5 Å². The van der Waals surface area contributed by atoms with Crippen LogP contribution < -0.4 is 4.74 Å². The van der Waals surface area contributed by atoms with E-state index in [0.29, 0.717) is 25.5 Å². The zero-order valence-electron chi connectivity index (χ0n) is 25.8. The lowest BCUT2D eigenvalue weighted by molar-refractivity contribution is -0.211. The Labute approximate surface area is 258 Å². The average Bonchev–Trinajstić information content (AvgIpc) is 3.00. The molecule has 2 aliphatic rings. The van der Waals surface area contributed by atoms with Crippen molar-refractivity contribution < 1.29 is 43.2 Å². The fourth-order valence-corrected chi connectivity index (χ4v) is 5.08. The molecule has 2 aromatic rings. The Hall–Kier alpha value is -3.54. The van der Waals surface area contributed by atoms with Gasteiger partial charge in [0.15, 0.2) is 6.29 Å². The van der Waals surface area contributed by atoms with Crippen LogP contribution in [0.1, 0.15) is 57.6 Å². The van der Waals surface area contributed by atoms with Gasteiger partial charge in [-0.05, 0) is 67.5 Å². The number of ether oxygens (including phenoxy) is 3. The molecule has 2 saturated heterocycles. The van der Waals surface area contributed by atoms with Gasteiger partial charge < -0.3 is 34.2 Å². The molecule has 0 bridgehead atoms. The van der Waals surface area contributed by atoms with Gasteiger partial charge in [-0.3, -0.25) is 4.79 Å². The number of piperidine rings is 1. The topological polar surface area (TPSA) is 126 Å². The summed E-state index contributed by atoms with van der Waals surface area (Å²) in [6, 6.07) is 14.5. The molecule has 11 heteroatoms. The molecule has 0 radical (unpaired) electrons. The number of carbonyl (C=O) groups excluding carboxylic acids is 1. The van der Waals surface area contributed by atoms with Gasteiger partial charge in [0.05, 0.1) is 25.7 Å². The minimum atomic E-state index is -1.82. The Morgan fingerprint density at radius 1 is 0.977 bits per heavy atom. The number of carbonyl (C=O) groups is 3. The van der Waals surface area contributed by atoms with Crippen LogP contribution in [-0.4, -0.2) is 89.1 Å². The molecule has 242 valence electrons. The van der Waals surface area contributed by atoms with Crippen molar-refractivity contribution in [2.24, 2.45) is 5.92 Å². The van der Waals surface area contributed by atoms with Crippen molar-refractivity contribution in [1.29, 1.82) is 0 Å². The van der Waals surface area contributed by atoms with Crippen LogP contribution in [0.2, 0.25) is 0 Å². The van der Waals surface area contributed by atoms with E-state index < -0.39 is 11.9 Å². The van der Waals surface area contributed by atoms with Gasteiger partial charge in [0, 0.05) is 38.6 Å². The number of benzene rings is 2. The van der Waals surface area contributed by atoms with Gasteiger partial charge in [-0.2, -0.15) is 0 Å². The number of nitrogens with zero attached hydrogens (tertiary/aromatic N) is 2. The maximum atomic E-state index is 13.6. The number of halogens is 1. The Balaban J connectivity index is 0.000000801. The molecule has 10 nitrogen and oxygen atoms in total. The summed E-state index contributed by atoms with van der Waals surface area (Å²) in [5.74, 6) is -2.53. The lowest BCUT2D eigenvalue weighted by atomic mass is 10.0. The first-order valence-electron chi connectivity index (χ1n) is 15.2. The van der Waals surface area contributed by atoms with E-state index in [0.717, 1.165) is 68.8 Å². The molecule has 1 unspecified atom stereocenters. The summed E-state index contributed by atoms with van der Waals surface area (Å²) in [4.78, 5) is 36.2. The van der Waals surface area contributed by atoms with Crippen molar-refractivity contribution in [2.75, 3.05) is 32.8 Å². The van der Waals surface area contributed by atoms with E-state index in [2.05, 4.69) is 25.7 Å². The van der Waals surface area contributed by atoms with Crippen LogP contribution >= 0.6 is 0 Å². The third-order valence-corrected chi connectivity index (χ3v) is 7.52. The second-order valence-electron chi connectivity index (χ2n) is 11.7. The van der Waals surface area contributed by atoms with Crippen LogP contribution in [0.25, 0.3) is 0 Å². The van der Waals surface area contributed by atoms with E-state index in [-0.39, 0.29) is 30.2 Å². The summed E-state index contributed by atoms with van der Waals surface area (Å²) in [6.07, 6.45) is 4.12. The Morgan fingerprint density at radius 3 is 2.16 bits per heavy atom. The minimum Gasteiger partial charge on any atom is -0.493 e. The fourth-order valence-electron chi connectivity index (χ4n) is 5.08.